The van der Waals surface area contributed by atoms with Gasteiger partial charge in [0, 0.05) is 0 Å². The van der Waals surface area contributed by atoms with Gasteiger partial charge < -0.3 is 16.3 Å². The number of hydrogen-bond donors (Lipinski definition) is 3. The second-order valence-electron chi connectivity index (χ2n) is 4.58. The molecule has 5 nitrogen and oxygen atoms in total. The molecule has 18 heavy (non-hydrogen) atoms. The van der Waals surface area contributed by atoms with Gasteiger partial charge in [0.1, 0.15) is 5.41 Å². The fourth-order valence-corrected chi connectivity index (χ4v) is 2.37. The zero-order valence-electron chi connectivity index (χ0n) is 10.2. The minimum atomic E-state index is -2.61. The predicted octanol–water partition coefficient (Wildman–Crippen LogP) is 1.45. The molecule has 1 aliphatic carbocycles. The molecule has 0 unspecified atom stereocenters. The summed E-state index contributed by atoms with van der Waals surface area (Å²) >= 11 is 0. The molecule has 0 aromatic heterocycles. The molecule has 0 aliphatic heterocycles. The van der Waals surface area contributed by atoms with E-state index in [-0.39, 0.29) is 5.84 Å². The molecule has 0 saturated heterocycles. The minimum Gasteiger partial charge on any atom is -0.409 e. The molecule has 0 bridgehead atoms. The molecule has 0 spiro atoms. The maximum Gasteiger partial charge on any atom is 0.255 e. The Hall–Kier alpha value is -1.40. The summed E-state index contributed by atoms with van der Waals surface area (Å²) in [5.41, 5.74) is 4.47. The quantitative estimate of drug-likeness (QED) is 0.236. The molecular weight excluding hydrogens is 244 g/mol. The molecule has 0 aromatic rings. The third kappa shape index (κ3) is 3.30. The Morgan fingerprint density at radius 1 is 1.33 bits per heavy atom. The highest BCUT2D eigenvalue weighted by Crippen LogP contribution is 2.35. The summed E-state index contributed by atoms with van der Waals surface area (Å²) in [6, 6.07) is 0. The molecule has 4 N–H and O–H groups in total. The number of rotatable bonds is 4. The predicted molar refractivity (Wildman–Crippen MR) is 62.6 cm³/mol. The van der Waals surface area contributed by atoms with Crippen LogP contribution in [0.15, 0.2) is 5.16 Å². The van der Waals surface area contributed by atoms with Crippen molar-refractivity contribution in [1.29, 1.82) is 0 Å². The van der Waals surface area contributed by atoms with Gasteiger partial charge in [-0.15, -0.1) is 0 Å². The van der Waals surface area contributed by atoms with E-state index in [9.17, 15) is 13.6 Å². The van der Waals surface area contributed by atoms with Crippen molar-refractivity contribution in [2.24, 2.45) is 16.3 Å². The molecule has 0 atom stereocenters. The van der Waals surface area contributed by atoms with Crippen LogP contribution in [0.5, 0.6) is 0 Å². The number of carbonyl (C=O) groups excluding carboxylic acids is 1. The van der Waals surface area contributed by atoms with E-state index >= 15 is 0 Å². The number of oxime groups is 1. The lowest BCUT2D eigenvalue weighted by Gasteiger charge is -2.29. The highest BCUT2D eigenvalue weighted by Gasteiger charge is 2.43. The van der Waals surface area contributed by atoms with E-state index in [2.05, 4.69) is 10.5 Å². The van der Waals surface area contributed by atoms with Crippen LogP contribution in [0.4, 0.5) is 8.78 Å². The Bertz CT molecular complexity index is 313. The van der Waals surface area contributed by atoms with Gasteiger partial charge in [0.15, 0.2) is 5.84 Å². The van der Waals surface area contributed by atoms with E-state index in [4.69, 9.17) is 10.9 Å². The van der Waals surface area contributed by atoms with Crippen molar-refractivity contribution >= 4 is 11.7 Å². The molecule has 1 amide bonds. The second-order valence-corrected chi connectivity index (χ2v) is 4.58. The lowest BCUT2D eigenvalue weighted by molar-refractivity contribution is -0.128. The number of carbonyl (C=O) groups is 1. The first-order valence-corrected chi connectivity index (χ1v) is 6.07. The number of nitrogens with zero attached hydrogens (tertiary/aromatic N) is 1. The lowest BCUT2D eigenvalue weighted by Crippen LogP contribution is -2.50. The largest absolute Gasteiger partial charge is 0.409 e. The van der Waals surface area contributed by atoms with Crippen molar-refractivity contribution in [3.05, 3.63) is 0 Å². The van der Waals surface area contributed by atoms with Crippen LogP contribution < -0.4 is 11.1 Å². The van der Waals surface area contributed by atoms with Gasteiger partial charge in [-0.1, -0.05) is 30.8 Å². The van der Waals surface area contributed by atoms with Gasteiger partial charge in [0.2, 0.25) is 5.91 Å². The monoisotopic (exact) mass is 263 g/mol. The molecule has 7 heteroatoms. The molecule has 1 fully saturated rings. The molecule has 104 valence electrons. The van der Waals surface area contributed by atoms with Crippen molar-refractivity contribution in [2.75, 3.05) is 6.54 Å². The van der Waals surface area contributed by atoms with Crippen LogP contribution in [-0.2, 0) is 4.79 Å². The van der Waals surface area contributed by atoms with Crippen LogP contribution in [0.2, 0.25) is 0 Å². The Morgan fingerprint density at radius 2 is 1.89 bits per heavy atom. The maximum absolute atomic E-state index is 12.1. The Kier molecular flexibility index (Phi) is 5.30. The Labute approximate surface area is 104 Å². The van der Waals surface area contributed by atoms with Gasteiger partial charge in [-0.2, -0.15) is 0 Å². The number of halogens is 2. The first-order chi connectivity index (χ1) is 8.53. The number of hydrogen-bond acceptors (Lipinski definition) is 3. The number of amides is 1. The minimum absolute atomic E-state index is 0.184. The summed E-state index contributed by atoms with van der Waals surface area (Å²) in [5.74, 6) is -0.754. The van der Waals surface area contributed by atoms with Crippen molar-refractivity contribution in [3.8, 4) is 0 Å². The normalized spacial score (nSPS) is 20.5. The standard InChI is InChI=1S/C11H19F2N3O2/c12-8(13)7-15-10(17)11(9(14)16-18)5-3-1-2-4-6-11/h8,18H,1-7H2,(H2,14,16)(H,15,17). The van der Waals surface area contributed by atoms with Crippen LogP contribution in [-0.4, -0.2) is 29.9 Å². The van der Waals surface area contributed by atoms with Crippen LogP contribution in [0.3, 0.4) is 0 Å². The van der Waals surface area contributed by atoms with Gasteiger partial charge in [0.05, 0.1) is 6.54 Å². The molecule has 0 heterocycles. The van der Waals surface area contributed by atoms with Gasteiger partial charge in [-0.25, -0.2) is 8.78 Å². The van der Waals surface area contributed by atoms with Gasteiger partial charge in [-0.3, -0.25) is 4.79 Å². The third-order valence-electron chi connectivity index (χ3n) is 3.41. The SMILES string of the molecule is NC(=NO)C1(C(=O)NCC(F)F)CCCCCC1. The first-order valence-electron chi connectivity index (χ1n) is 6.07. The zero-order valence-corrected chi connectivity index (χ0v) is 10.2. The van der Waals surface area contributed by atoms with E-state index in [1.807, 2.05) is 0 Å². The first kappa shape index (κ1) is 14.7. The summed E-state index contributed by atoms with van der Waals surface area (Å²) < 4.78 is 24.2. The number of alkyl halides is 2. The average Bonchev–Trinajstić information content (AvgIpc) is 2.61. The fraction of sp³-hybridized carbons (Fsp3) is 0.818. The van der Waals surface area contributed by atoms with Crippen LogP contribution in [0, 0.1) is 5.41 Å². The van der Waals surface area contributed by atoms with Crippen LogP contribution in [0.25, 0.3) is 0 Å². The average molecular weight is 263 g/mol. The summed E-state index contributed by atoms with van der Waals surface area (Å²) in [6.45, 7) is -0.709. The van der Waals surface area contributed by atoms with Crippen molar-refractivity contribution in [2.45, 2.75) is 45.0 Å². The topological polar surface area (TPSA) is 87.7 Å². The molecule has 1 saturated carbocycles. The van der Waals surface area contributed by atoms with Crippen LogP contribution >= 0.6 is 0 Å². The summed E-state index contributed by atoms with van der Waals surface area (Å²) in [4.78, 5) is 12.1. The fourth-order valence-electron chi connectivity index (χ4n) is 2.37. The molecule has 0 radical (unpaired) electrons. The molecular formula is C11H19F2N3O2. The van der Waals surface area contributed by atoms with Crippen molar-refractivity contribution < 1.29 is 18.8 Å². The van der Waals surface area contributed by atoms with Crippen molar-refractivity contribution in [3.63, 3.8) is 0 Å². The smallest absolute Gasteiger partial charge is 0.255 e. The van der Waals surface area contributed by atoms with E-state index in [1.54, 1.807) is 0 Å². The van der Waals surface area contributed by atoms with E-state index < -0.39 is 24.3 Å². The Balaban J connectivity index is 2.85. The summed E-state index contributed by atoms with van der Waals surface area (Å²) in [6.07, 6.45) is 1.70. The molecule has 0 aromatic carbocycles. The highest BCUT2D eigenvalue weighted by atomic mass is 19.3. The zero-order chi connectivity index (χ0) is 13.6. The number of amidine groups is 1. The van der Waals surface area contributed by atoms with E-state index in [1.165, 1.54) is 0 Å². The number of nitrogens with two attached hydrogens (primary N) is 1. The van der Waals surface area contributed by atoms with E-state index in [0.29, 0.717) is 12.8 Å². The summed E-state index contributed by atoms with van der Waals surface area (Å²) in [5, 5.41) is 13.9. The maximum atomic E-state index is 12.1. The molecule has 1 rings (SSSR count). The third-order valence-corrected chi connectivity index (χ3v) is 3.41. The highest BCUT2D eigenvalue weighted by molar-refractivity contribution is 6.06. The number of nitrogens with one attached hydrogen (secondary N) is 1. The molecule has 1 aliphatic rings. The lowest BCUT2D eigenvalue weighted by atomic mass is 9.78. The van der Waals surface area contributed by atoms with Gasteiger partial charge in [-0.05, 0) is 12.8 Å². The Morgan fingerprint density at radius 3 is 2.33 bits per heavy atom. The second kappa shape index (κ2) is 6.51. The summed E-state index contributed by atoms with van der Waals surface area (Å²) in [7, 11) is 0. The van der Waals surface area contributed by atoms with Gasteiger partial charge in [0.25, 0.3) is 6.43 Å². The van der Waals surface area contributed by atoms with Gasteiger partial charge >= 0.3 is 0 Å². The van der Waals surface area contributed by atoms with E-state index in [0.717, 1.165) is 25.7 Å². The van der Waals surface area contributed by atoms with Crippen LogP contribution in [0.1, 0.15) is 38.5 Å². The van der Waals surface area contributed by atoms with Crippen molar-refractivity contribution in [1.82, 2.24) is 5.32 Å².